The molecular weight excluding hydrogens is 324 g/mol. The van der Waals surface area contributed by atoms with Crippen LogP contribution in [0.25, 0.3) is 0 Å². The second-order valence-corrected chi connectivity index (χ2v) is 5.85. The van der Waals surface area contributed by atoms with Crippen molar-refractivity contribution >= 4 is 29.0 Å². The first-order chi connectivity index (χ1) is 11.6. The number of halogens is 1. The summed E-state index contributed by atoms with van der Waals surface area (Å²) >= 11 is 5.80. The van der Waals surface area contributed by atoms with Crippen molar-refractivity contribution in [2.75, 3.05) is 11.9 Å². The Bertz CT molecular complexity index is 699. The number of nitrogens with one attached hydrogen (secondary N) is 2. The number of hydrogen-bond donors (Lipinski definition) is 2. The molecule has 0 aliphatic rings. The lowest BCUT2D eigenvalue weighted by atomic mass is 10.1. The lowest BCUT2D eigenvalue weighted by Gasteiger charge is -2.11. The average molecular weight is 345 g/mol. The minimum atomic E-state index is -0.165. The molecular formula is C19H21ClN2O2. The molecule has 0 aromatic heterocycles. The molecule has 0 spiro atoms. The lowest BCUT2D eigenvalue weighted by molar-refractivity contribution is -0.116. The van der Waals surface area contributed by atoms with Crippen molar-refractivity contribution in [3.8, 4) is 0 Å². The van der Waals surface area contributed by atoms with Gasteiger partial charge in [0.15, 0.2) is 5.78 Å². The van der Waals surface area contributed by atoms with Crippen molar-refractivity contribution in [2.45, 2.75) is 26.3 Å². The molecule has 0 atom stereocenters. The maximum absolute atomic E-state index is 12.1. The van der Waals surface area contributed by atoms with E-state index in [4.69, 9.17) is 11.6 Å². The van der Waals surface area contributed by atoms with Gasteiger partial charge >= 0.3 is 0 Å². The molecule has 0 saturated carbocycles. The zero-order valence-corrected chi connectivity index (χ0v) is 14.4. The van der Waals surface area contributed by atoms with E-state index in [1.54, 1.807) is 24.3 Å². The maximum atomic E-state index is 12.1. The van der Waals surface area contributed by atoms with Gasteiger partial charge in [-0.3, -0.25) is 9.59 Å². The number of carbonyl (C=O) groups is 2. The highest BCUT2D eigenvalue weighted by molar-refractivity contribution is 6.30. The smallest absolute Gasteiger partial charge is 0.224 e. The van der Waals surface area contributed by atoms with Gasteiger partial charge in [-0.2, -0.15) is 0 Å². The predicted octanol–water partition coefficient (Wildman–Crippen LogP) is 4.05. The Morgan fingerprint density at radius 3 is 2.42 bits per heavy atom. The summed E-state index contributed by atoms with van der Waals surface area (Å²) in [6, 6.07) is 14.3. The quantitative estimate of drug-likeness (QED) is 0.710. The van der Waals surface area contributed by atoms with E-state index in [2.05, 4.69) is 10.6 Å². The Balaban J connectivity index is 1.89. The van der Waals surface area contributed by atoms with E-state index in [0.717, 1.165) is 17.8 Å². The maximum Gasteiger partial charge on any atom is 0.224 e. The molecule has 2 aromatic rings. The van der Waals surface area contributed by atoms with Crippen molar-refractivity contribution in [1.29, 1.82) is 0 Å². The van der Waals surface area contributed by atoms with Crippen LogP contribution in [0, 0.1) is 0 Å². The fraction of sp³-hybridized carbons (Fsp3) is 0.263. The molecule has 0 unspecified atom stereocenters. The summed E-state index contributed by atoms with van der Waals surface area (Å²) in [5.74, 6) is -0.232. The number of ketones is 1. The standard InChI is InChI=1S/C19H21ClN2O2/c1-2-21-13-15-5-3-4-6-17(15)22-19(24)12-11-18(23)14-7-9-16(20)10-8-14/h3-10,21H,2,11-13H2,1H3,(H,22,24). The molecule has 0 radical (unpaired) electrons. The first kappa shape index (κ1) is 18.2. The van der Waals surface area contributed by atoms with Crippen LogP contribution in [-0.4, -0.2) is 18.2 Å². The third kappa shape index (κ3) is 5.48. The van der Waals surface area contributed by atoms with E-state index in [0.29, 0.717) is 17.1 Å². The minimum Gasteiger partial charge on any atom is -0.326 e. The van der Waals surface area contributed by atoms with Crippen LogP contribution in [0.15, 0.2) is 48.5 Å². The molecule has 1 amide bonds. The molecule has 2 rings (SSSR count). The van der Waals surface area contributed by atoms with E-state index < -0.39 is 0 Å². The van der Waals surface area contributed by atoms with Gasteiger partial charge in [-0.15, -0.1) is 0 Å². The van der Waals surface area contributed by atoms with Crippen LogP contribution in [0.4, 0.5) is 5.69 Å². The molecule has 126 valence electrons. The highest BCUT2D eigenvalue weighted by Crippen LogP contribution is 2.16. The highest BCUT2D eigenvalue weighted by atomic mass is 35.5. The predicted molar refractivity (Wildman–Crippen MR) is 97.5 cm³/mol. The number of carbonyl (C=O) groups excluding carboxylic acids is 2. The highest BCUT2D eigenvalue weighted by Gasteiger charge is 2.11. The molecule has 2 N–H and O–H groups in total. The number of benzene rings is 2. The summed E-state index contributed by atoms with van der Waals surface area (Å²) in [6.45, 7) is 3.58. The zero-order chi connectivity index (χ0) is 17.4. The summed E-state index contributed by atoms with van der Waals surface area (Å²) in [4.78, 5) is 24.2. The van der Waals surface area contributed by atoms with Gasteiger partial charge in [-0.1, -0.05) is 36.7 Å². The number of rotatable bonds is 8. The van der Waals surface area contributed by atoms with Gasteiger partial charge < -0.3 is 10.6 Å². The molecule has 0 saturated heterocycles. The van der Waals surface area contributed by atoms with Gasteiger partial charge in [0.1, 0.15) is 0 Å². The van der Waals surface area contributed by atoms with Gasteiger partial charge in [-0.05, 0) is 42.4 Å². The van der Waals surface area contributed by atoms with E-state index in [9.17, 15) is 9.59 Å². The van der Waals surface area contributed by atoms with Gasteiger partial charge in [0.25, 0.3) is 0 Å². The second kappa shape index (κ2) is 9.21. The molecule has 0 bridgehead atoms. The van der Waals surface area contributed by atoms with Crippen molar-refractivity contribution < 1.29 is 9.59 Å². The summed E-state index contributed by atoms with van der Waals surface area (Å²) < 4.78 is 0. The molecule has 0 aliphatic carbocycles. The molecule has 0 aliphatic heterocycles. The lowest BCUT2D eigenvalue weighted by Crippen LogP contribution is -2.17. The van der Waals surface area contributed by atoms with Gasteiger partial charge in [0.05, 0.1) is 0 Å². The van der Waals surface area contributed by atoms with E-state index in [1.165, 1.54) is 0 Å². The van der Waals surface area contributed by atoms with Gasteiger partial charge in [0, 0.05) is 35.7 Å². The fourth-order valence-electron chi connectivity index (χ4n) is 2.28. The Morgan fingerprint density at radius 1 is 1.00 bits per heavy atom. The van der Waals surface area contributed by atoms with Crippen LogP contribution in [0.1, 0.15) is 35.7 Å². The number of anilines is 1. The first-order valence-corrected chi connectivity index (χ1v) is 8.35. The van der Waals surface area contributed by atoms with Gasteiger partial charge in [-0.25, -0.2) is 0 Å². The van der Waals surface area contributed by atoms with Crippen LogP contribution in [-0.2, 0) is 11.3 Å². The number of para-hydroxylation sites is 1. The molecule has 0 heterocycles. The number of Topliss-reactive ketones (excluding diaryl/α,β-unsaturated/α-hetero) is 1. The Morgan fingerprint density at radius 2 is 1.71 bits per heavy atom. The van der Waals surface area contributed by atoms with Crippen molar-refractivity contribution in [2.24, 2.45) is 0 Å². The SMILES string of the molecule is CCNCc1ccccc1NC(=O)CCC(=O)c1ccc(Cl)cc1. The second-order valence-electron chi connectivity index (χ2n) is 5.42. The summed E-state index contributed by atoms with van der Waals surface area (Å²) in [7, 11) is 0. The molecule has 5 heteroatoms. The van der Waals surface area contributed by atoms with Crippen molar-refractivity contribution in [1.82, 2.24) is 5.32 Å². The average Bonchev–Trinajstić information content (AvgIpc) is 2.59. The topological polar surface area (TPSA) is 58.2 Å². The van der Waals surface area contributed by atoms with Gasteiger partial charge in [0.2, 0.25) is 5.91 Å². The largest absolute Gasteiger partial charge is 0.326 e. The Kier molecular flexibility index (Phi) is 6.97. The number of amides is 1. The Labute approximate surface area is 147 Å². The zero-order valence-electron chi connectivity index (χ0n) is 13.6. The fourth-order valence-corrected chi connectivity index (χ4v) is 2.40. The van der Waals surface area contributed by atoms with Crippen LogP contribution in [0.2, 0.25) is 5.02 Å². The summed E-state index contributed by atoms with van der Waals surface area (Å²) in [5.41, 5.74) is 2.37. The molecule has 2 aromatic carbocycles. The van der Waals surface area contributed by atoms with Crippen LogP contribution in [0.3, 0.4) is 0 Å². The van der Waals surface area contributed by atoms with Crippen molar-refractivity contribution in [3.63, 3.8) is 0 Å². The molecule has 4 nitrogen and oxygen atoms in total. The van der Waals surface area contributed by atoms with E-state index >= 15 is 0 Å². The third-order valence-electron chi connectivity index (χ3n) is 3.60. The van der Waals surface area contributed by atoms with E-state index in [1.807, 2.05) is 31.2 Å². The normalized spacial score (nSPS) is 10.4. The third-order valence-corrected chi connectivity index (χ3v) is 3.85. The molecule has 24 heavy (non-hydrogen) atoms. The number of hydrogen-bond acceptors (Lipinski definition) is 3. The van der Waals surface area contributed by atoms with Crippen molar-refractivity contribution in [3.05, 3.63) is 64.7 Å². The minimum absolute atomic E-state index is 0.0669. The van der Waals surface area contributed by atoms with Crippen LogP contribution < -0.4 is 10.6 Å². The monoisotopic (exact) mass is 344 g/mol. The first-order valence-electron chi connectivity index (χ1n) is 7.97. The summed E-state index contributed by atoms with van der Waals surface area (Å²) in [5, 5.41) is 6.71. The van der Waals surface area contributed by atoms with Crippen LogP contribution in [0.5, 0.6) is 0 Å². The molecule has 0 fully saturated rings. The Hall–Kier alpha value is -2.17. The van der Waals surface area contributed by atoms with Crippen LogP contribution >= 0.6 is 11.6 Å². The summed E-state index contributed by atoms with van der Waals surface area (Å²) in [6.07, 6.45) is 0.319. The van der Waals surface area contributed by atoms with E-state index in [-0.39, 0.29) is 24.5 Å².